The summed E-state index contributed by atoms with van der Waals surface area (Å²) in [5.74, 6) is -0.549. The van der Waals surface area contributed by atoms with Gasteiger partial charge in [0.05, 0.1) is 11.1 Å². The highest BCUT2D eigenvalue weighted by molar-refractivity contribution is 5.94. The quantitative estimate of drug-likeness (QED) is 0.616. The predicted molar refractivity (Wildman–Crippen MR) is 63.4 cm³/mol. The Morgan fingerprint density at radius 3 is 2.72 bits per heavy atom. The molecule has 1 amide bonds. The first kappa shape index (κ1) is 12.3. The fourth-order valence-electron chi connectivity index (χ4n) is 2.08. The fraction of sp³-hybridized carbons (Fsp3) is 0.455. The number of nitrogens with one attached hydrogen (secondary N) is 2. The molecule has 18 heavy (non-hydrogen) atoms. The molecule has 0 aliphatic heterocycles. The summed E-state index contributed by atoms with van der Waals surface area (Å²) in [5, 5.41) is 13.3. The lowest BCUT2D eigenvalue weighted by atomic mass is 10.2. The zero-order chi connectivity index (χ0) is 13.1. The molecule has 0 saturated heterocycles. The number of aromatic nitrogens is 1. The largest absolute Gasteiger partial charge is 0.349 e. The minimum Gasteiger partial charge on any atom is -0.349 e. The molecule has 96 valence electrons. The van der Waals surface area contributed by atoms with E-state index in [2.05, 4.69) is 10.3 Å². The minimum atomic E-state index is -0.651. The Balaban J connectivity index is 2.20. The van der Waals surface area contributed by atoms with E-state index in [-0.39, 0.29) is 17.3 Å². The summed E-state index contributed by atoms with van der Waals surface area (Å²) in [5.41, 5.74) is -1.13. The van der Waals surface area contributed by atoms with E-state index in [9.17, 15) is 19.7 Å². The highest BCUT2D eigenvalue weighted by Crippen LogP contribution is 2.18. The van der Waals surface area contributed by atoms with Gasteiger partial charge in [-0.3, -0.25) is 19.7 Å². The van der Waals surface area contributed by atoms with Crippen molar-refractivity contribution >= 4 is 11.6 Å². The van der Waals surface area contributed by atoms with Gasteiger partial charge in [-0.2, -0.15) is 0 Å². The zero-order valence-electron chi connectivity index (χ0n) is 9.64. The van der Waals surface area contributed by atoms with Crippen LogP contribution in [0.2, 0.25) is 0 Å². The lowest BCUT2D eigenvalue weighted by Gasteiger charge is -2.10. The summed E-state index contributed by atoms with van der Waals surface area (Å²) < 4.78 is 0. The van der Waals surface area contributed by atoms with Gasteiger partial charge >= 0.3 is 0 Å². The number of carbonyl (C=O) groups excluding carboxylic acids is 1. The fourth-order valence-corrected chi connectivity index (χ4v) is 2.08. The van der Waals surface area contributed by atoms with Gasteiger partial charge in [-0.1, -0.05) is 12.8 Å². The SMILES string of the molecule is O=C(NC1CCCC1)c1cc([N+](=O)[O-])c[nH]c1=O. The van der Waals surface area contributed by atoms with Crippen LogP contribution in [-0.2, 0) is 0 Å². The molecule has 1 aromatic heterocycles. The lowest BCUT2D eigenvalue weighted by molar-refractivity contribution is -0.385. The molecule has 1 aliphatic rings. The highest BCUT2D eigenvalue weighted by atomic mass is 16.6. The monoisotopic (exact) mass is 251 g/mol. The summed E-state index contributed by atoms with van der Waals surface area (Å²) in [6, 6.07) is 1.07. The van der Waals surface area contributed by atoms with Gasteiger partial charge < -0.3 is 10.3 Å². The van der Waals surface area contributed by atoms with Crippen molar-refractivity contribution < 1.29 is 9.72 Å². The van der Waals surface area contributed by atoms with E-state index in [1.54, 1.807) is 0 Å². The van der Waals surface area contributed by atoms with E-state index < -0.39 is 16.4 Å². The summed E-state index contributed by atoms with van der Waals surface area (Å²) in [6.45, 7) is 0. The van der Waals surface area contributed by atoms with Crippen molar-refractivity contribution in [1.29, 1.82) is 0 Å². The highest BCUT2D eigenvalue weighted by Gasteiger charge is 2.21. The molecule has 2 rings (SSSR count). The number of pyridine rings is 1. The maximum Gasteiger partial charge on any atom is 0.286 e. The van der Waals surface area contributed by atoms with Crippen LogP contribution in [-0.4, -0.2) is 21.9 Å². The van der Waals surface area contributed by atoms with Crippen LogP contribution in [0.25, 0.3) is 0 Å². The summed E-state index contributed by atoms with van der Waals surface area (Å²) in [4.78, 5) is 35.4. The normalized spacial score (nSPS) is 15.6. The van der Waals surface area contributed by atoms with E-state index in [1.165, 1.54) is 0 Å². The van der Waals surface area contributed by atoms with Crippen molar-refractivity contribution in [2.75, 3.05) is 0 Å². The molecule has 1 saturated carbocycles. The molecule has 0 unspecified atom stereocenters. The van der Waals surface area contributed by atoms with Crippen LogP contribution in [0.5, 0.6) is 0 Å². The van der Waals surface area contributed by atoms with Crippen LogP contribution in [0.4, 0.5) is 5.69 Å². The first-order valence-corrected chi connectivity index (χ1v) is 5.76. The number of H-pyrrole nitrogens is 1. The van der Waals surface area contributed by atoms with Crippen molar-refractivity contribution in [1.82, 2.24) is 10.3 Å². The van der Waals surface area contributed by atoms with Gasteiger partial charge in [0.1, 0.15) is 5.56 Å². The Bertz CT molecular complexity index is 531. The molecule has 0 radical (unpaired) electrons. The molecule has 1 aliphatic carbocycles. The van der Waals surface area contributed by atoms with Gasteiger partial charge in [-0.05, 0) is 12.8 Å². The number of hydrogen-bond acceptors (Lipinski definition) is 4. The summed E-state index contributed by atoms with van der Waals surface area (Å²) in [7, 11) is 0. The second-order valence-electron chi connectivity index (χ2n) is 4.31. The number of nitrogens with zero attached hydrogens (tertiary/aromatic N) is 1. The number of aromatic amines is 1. The smallest absolute Gasteiger partial charge is 0.286 e. The molecule has 7 nitrogen and oxygen atoms in total. The van der Waals surface area contributed by atoms with Gasteiger partial charge in [-0.25, -0.2) is 0 Å². The van der Waals surface area contributed by atoms with E-state index in [4.69, 9.17) is 0 Å². The Kier molecular flexibility index (Phi) is 3.40. The average molecular weight is 251 g/mol. The number of carbonyl (C=O) groups is 1. The van der Waals surface area contributed by atoms with Crippen LogP contribution in [0.1, 0.15) is 36.0 Å². The molecule has 0 aromatic carbocycles. The second kappa shape index (κ2) is 4.99. The van der Waals surface area contributed by atoms with Crippen molar-refractivity contribution in [3.63, 3.8) is 0 Å². The minimum absolute atomic E-state index is 0.0659. The van der Waals surface area contributed by atoms with Gasteiger partial charge in [0.15, 0.2) is 0 Å². The predicted octanol–water partition coefficient (Wildman–Crippen LogP) is 0.955. The van der Waals surface area contributed by atoms with E-state index >= 15 is 0 Å². The van der Waals surface area contributed by atoms with Crippen LogP contribution >= 0.6 is 0 Å². The maximum atomic E-state index is 11.8. The van der Waals surface area contributed by atoms with Crippen LogP contribution in [0, 0.1) is 10.1 Å². The van der Waals surface area contributed by atoms with E-state index in [1.807, 2.05) is 0 Å². The Morgan fingerprint density at radius 1 is 1.44 bits per heavy atom. The van der Waals surface area contributed by atoms with Gasteiger partial charge in [0, 0.05) is 12.1 Å². The van der Waals surface area contributed by atoms with E-state index in [0.29, 0.717) is 0 Å². The Morgan fingerprint density at radius 2 is 2.11 bits per heavy atom. The van der Waals surface area contributed by atoms with Crippen molar-refractivity contribution in [2.24, 2.45) is 0 Å². The molecule has 7 heteroatoms. The molecule has 0 spiro atoms. The number of nitro groups is 1. The van der Waals surface area contributed by atoms with Crippen LogP contribution in [0.15, 0.2) is 17.1 Å². The van der Waals surface area contributed by atoms with Gasteiger partial charge in [-0.15, -0.1) is 0 Å². The average Bonchev–Trinajstić information content (AvgIpc) is 2.81. The molecule has 2 N–H and O–H groups in total. The lowest BCUT2D eigenvalue weighted by Crippen LogP contribution is -2.35. The third-order valence-electron chi connectivity index (χ3n) is 3.03. The van der Waals surface area contributed by atoms with Crippen molar-refractivity contribution in [2.45, 2.75) is 31.7 Å². The third-order valence-corrected chi connectivity index (χ3v) is 3.03. The Hall–Kier alpha value is -2.18. The third kappa shape index (κ3) is 2.55. The molecule has 1 fully saturated rings. The molecule has 0 bridgehead atoms. The summed E-state index contributed by atoms with van der Waals surface area (Å²) in [6.07, 6.45) is 4.86. The molecular formula is C11H13N3O4. The first-order valence-electron chi connectivity index (χ1n) is 5.76. The standard InChI is InChI=1S/C11H13N3O4/c15-10-9(5-8(6-12-10)14(17)18)11(16)13-7-3-1-2-4-7/h5-7H,1-4H2,(H,12,15)(H,13,16). The summed E-state index contributed by atoms with van der Waals surface area (Å²) >= 11 is 0. The maximum absolute atomic E-state index is 11.8. The van der Waals surface area contributed by atoms with Crippen molar-refractivity contribution in [3.8, 4) is 0 Å². The molecule has 1 aromatic rings. The number of amides is 1. The number of hydrogen-bond donors (Lipinski definition) is 2. The molecular weight excluding hydrogens is 238 g/mol. The zero-order valence-corrected chi connectivity index (χ0v) is 9.64. The van der Waals surface area contributed by atoms with E-state index in [0.717, 1.165) is 37.9 Å². The van der Waals surface area contributed by atoms with Gasteiger partial charge in [0.25, 0.3) is 17.2 Å². The van der Waals surface area contributed by atoms with Crippen molar-refractivity contribution in [3.05, 3.63) is 38.3 Å². The Labute approximate surface area is 102 Å². The molecule has 1 heterocycles. The topological polar surface area (TPSA) is 105 Å². The van der Waals surface area contributed by atoms with Crippen LogP contribution in [0.3, 0.4) is 0 Å². The molecule has 0 atom stereocenters. The van der Waals surface area contributed by atoms with Crippen LogP contribution < -0.4 is 10.9 Å². The second-order valence-corrected chi connectivity index (χ2v) is 4.31. The van der Waals surface area contributed by atoms with Gasteiger partial charge in [0.2, 0.25) is 0 Å². The number of rotatable bonds is 3. The first-order chi connectivity index (χ1) is 8.58.